The number of halogens is 3. The van der Waals surface area contributed by atoms with Gasteiger partial charge in [-0.2, -0.15) is 18.3 Å². The molecule has 1 N–H and O–H groups in total. The number of sulfonamides is 1. The first kappa shape index (κ1) is 22.1. The average Bonchev–Trinajstić information content (AvgIpc) is 3.26. The molecule has 3 aromatic rings. The minimum absolute atomic E-state index is 0.00263. The van der Waals surface area contributed by atoms with Crippen LogP contribution in [0.25, 0.3) is 5.69 Å². The lowest BCUT2D eigenvalue weighted by Crippen LogP contribution is -2.18. The van der Waals surface area contributed by atoms with Crippen LogP contribution in [0.15, 0.2) is 53.9 Å². The summed E-state index contributed by atoms with van der Waals surface area (Å²) in [6, 6.07) is 5.98. The highest BCUT2D eigenvalue weighted by molar-refractivity contribution is 7.92. The minimum Gasteiger partial charge on any atom is -0.495 e. The molecule has 0 saturated carbocycles. The van der Waals surface area contributed by atoms with Crippen LogP contribution in [0, 0.1) is 0 Å². The summed E-state index contributed by atoms with van der Waals surface area (Å²) in [5, 5.41) is 3.83. The van der Waals surface area contributed by atoms with Crippen molar-refractivity contribution in [1.29, 1.82) is 0 Å². The van der Waals surface area contributed by atoms with E-state index < -0.39 is 38.3 Å². The highest BCUT2D eigenvalue weighted by Gasteiger charge is 2.32. The number of esters is 1. The molecule has 2 aromatic carbocycles. The molecular weight excluding hydrogens is 441 g/mol. The highest BCUT2D eigenvalue weighted by atomic mass is 32.2. The van der Waals surface area contributed by atoms with Crippen LogP contribution in [-0.2, 0) is 20.9 Å². The van der Waals surface area contributed by atoms with Crippen LogP contribution in [0.4, 0.5) is 18.9 Å². The summed E-state index contributed by atoms with van der Waals surface area (Å²) in [6.45, 7) is 0. The molecule has 31 heavy (non-hydrogen) atoms. The van der Waals surface area contributed by atoms with Crippen molar-refractivity contribution < 1.29 is 35.9 Å². The number of nitrogens with zero attached hydrogens (tertiary/aromatic N) is 3. The van der Waals surface area contributed by atoms with E-state index in [9.17, 15) is 26.4 Å². The molecule has 0 unspecified atom stereocenters. The number of nitrogens with one attached hydrogen (secondary N) is 1. The first-order chi connectivity index (χ1) is 14.6. The molecule has 9 nitrogen and oxygen atoms in total. The molecule has 0 spiro atoms. The van der Waals surface area contributed by atoms with E-state index in [4.69, 9.17) is 4.74 Å². The zero-order chi connectivity index (χ0) is 22.8. The van der Waals surface area contributed by atoms with Crippen molar-refractivity contribution in [3.8, 4) is 11.4 Å². The summed E-state index contributed by atoms with van der Waals surface area (Å²) >= 11 is 0. The van der Waals surface area contributed by atoms with E-state index >= 15 is 0 Å². The quantitative estimate of drug-likeness (QED) is 0.568. The Hall–Kier alpha value is -3.61. The van der Waals surface area contributed by atoms with Gasteiger partial charge >= 0.3 is 12.1 Å². The van der Waals surface area contributed by atoms with Gasteiger partial charge in [0.1, 0.15) is 23.3 Å². The zero-order valence-electron chi connectivity index (χ0n) is 16.0. The number of aromatic nitrogens is 3. The predicted molar refractivity (Wildman–Crippen MR) is 102 cm³/mol. The lowest BCUT2D eigenvalue weighted by molar-refractivity contribution is -0.137. The van der Waals surface area contributed by atoms with Crippen LogP contribution in [0.2, 0.25) is 0 Å². The van der Waals surface area contributed by atoms with Crippen molar-refractivity contribution in [2.45, 2.75) is 11.1 Å². The monoisotopic (exact) mass is 456 g/mol. The lowest BCUT2D eigenvalue weighted by atomic mass is 10.1. The molecule has 0 atom stereocenters. The summed E-state index contributed by atoms with van der Waals surface area (Å²) < 4.78 is 78.6. The first-order valence-corrected chi connectivity index (χ1v) is 9.90. The molecule has 1 aromatic heterocycles. The van der Waals surface area contributed by atoms with E-state index in [-0.39, 0.29) is 17.0 Å². The van der Waals surface area contributed by atoms with Gasteiger partial charge in [-0.15, -0.1) is 0 Å². The van der Waals surface area contributed by atoms with Gasteiger partial charge in [-0.05, 0) is 36.4 Å². The molecule has 0 bridgehead atoms. The fourth-order valence-electron chi connectivity index (χ4n) is 2.66. The maximum atomic E-state index is 13.2. The number of rotatable bonds is 6. The molecule has 13 heteroatoms. The number of methoxy groups -OCH3 is 2. The number of hydrogen-bond acceptors (Lipinski definition) is 7. The van der Waals surface area contributed by atoms with E-state index in [1.807, 2.05) is 0 Å². The van der Waals surface area contributed by atoms with Crippen molar-refractivity contribution in [3.05, 3.63) is 60.2 Å². The first-order valence-electron chi connectivity index (χ1n) is 8.42. The van der Waals surface area contributed by atoms with Crippen LogP contribution in [0.1, 0.15) is 15.9 Å². The lowest BCUT2D eigenvalue weighted by Gasteiger charge is -2.17. The van der Waals surface area contributed by atoms with E-state index in [1.165, 1.54) is 25.6 Å². The van der Waals surface area contributed by atoms with Gasteiger partial charge in [-0.1, -0.05) is 0 Å². The largest absolute Gasteiger partial charge is 0.495 e. The van der Waals surface area contributed by atoms with Gasteiger partial charge in [-0.3, -0.25) is 4.72 Å². The molecular formula is C18H15F3N4O5S. The Kier molecular flexibility index (Phi) is 5.88. The van der Waals surface area contributed by atoms with Crippen molar-refractivity contribution in [2.75, 3.05) is 18.9 Å². The Balaban J connectivity index is 2.14. The molecule has 3 rings (SSSR count). The number of anilines is 1. The molecule has 0 saturated heterocycles. The van der Waals surface area contributed by atoms with Crippen LogP contribution in [-0.4, -0.2) is 43.4 Å². The topological polar surface area (TPSA) is 112 Å². The third-order valence-electron chi connectivity index (χ3n) is 4.11. The Morgan fingerprint density at radius 3 is 2.45 bits per heavy atom. The van der Waals surface area contributed by atoms with E-state index in [2.05, 4.69) is 19.5 Å². The molecule has 164 valence electrons. The zero-order valence-corrected chi connectivity index (χ0v) is 16.9. The van der Waals surface area contributed by atoms with Crippen LogP contribution < -0.4 is 9.46 Å². The Labute approximate surface area is 174 Å². The van der Waals surface area contributed by atoms with Crippen LogP contribution >= 0.6 is 0 Å². The minimum atomic E-state index is -4.72. The Morgan fingerprint density at radius 2 is 1.87 bits per heavy atom. The molecule has 0 amide bonds. The predicted octanol–water partition coefficient (Wildman–Crippen LogP) is 2.88. The van der Waals surface area contributed by atoms with Gasteiger partial charge < -0.3 is 9.47 Å². The summed E-state index contributed by atoms with van der Waals surface area (Å²) in [5.41, 5.74) is -1.59. The van der Waals surface area contributed by atoms with Gasteiger partial charge in [0.25, 0.3) is 10.0 Å². The van der Waals surface area contributed by atoms with Crippen molar-refractivity contribution in [2.24, 2.45) is 0 Å². The normalized spacial score (nSPS) is 11.8. The Morgan fingerprint density at radius 1 is 1.13 bits per heavy atom. The van der Waals surface area contributed by atoms with Crippen molar-refractivity contribution in [3.63, 3.8) is 0 Å². The second-order valence-corrected chi connectivity index (χ2v) is 7.68. The molecule has 0 radical (unpaired) electrons. The van der Waals surface area contributed by atoms with Gasteiger partial charge in [0, 0.05) is 0 Å². The number of ether oxygens (including phenoxy) is 2. The number of hydrogen-bond donors (Lipinski definition) is 1. The number of carbonyl (C=O) groups excluding carboxylic acids is 1. The fraction of sp³-hybridized carbons (Fsp3) is 0.167. The molecule has 0 fully saturated rings. The van der Waals surface area contributed by atoms with Gasteiger partial charge in [0.15, 0.2) is 0 Å². The van der Waals surface area contributed by atoms with Gasteiger partial charge in [0.05, 0.1) is 36.7 Å². The highest BCUT2D eigenvalue weighted by Crippen LogP contribution is 2.35. The SMILES string of the molecule is COC(=O)c1ccc(OC)c(S(=O)(=O)Nc2cc(C(F)(F)F)ccc2-n2cncn2)c1. The molecule has 1 heterocycles. The molecule has 0 aliphatic carbocycles. The number of benzene rings is 2. The molecule has 0 aliphatic rings. The molecule has 0 aliphatic heterocycles. The maximum Gasteiger partial charge on any atom is 0.416 e. The van der Waals surface area contributed by atoms with Crippen LogP contribution in [0.3, 0.4) is 0 Å². The van der Waals surface area contributed by atoms with Crippen molar-refractivity contribution >= 4 is 21.7 Å². The van der Waals surface area contributed by atoms with E-state index in [0.717, 1.165) is 36.3 Å². The van der Waals surface area contributed by atoms with Crippen LogP contribution in [0.5, 0.6) is 5.75 Å². The Bertz CT molecular complexity index is 1210. The summed E-state index contributed by atoms with van der Waals surface area (Å²) in [5.74, 6) is -0.934. The smallest absolute Gasteiger partial charge is 0.416 e. The average molecular weight is 456 g/mol. The summed E-state index contributed by atoms with van der Waals surface area (Å²) in [6.07, 6.45) is -2.39. The summed E-state index contributed by atoms with van der Waals surface area (Å²) in [7, 11) is -2.19. The van der Waals surface area contributed by atoms with Crippen molar-refractivity contribution in [1.82, 2.24) is 14.8 Å². The number of alkyl halides is 3. The van der Waals surface area contributed by atoms with Gasteiger partial charge in [0.2, 0.25) is 0 Å². The van der Waals surface area contributed by atoms with E-state index in [0.29, 0.717) is 6.07 Å². The second-order valence-electron chi connectivity index (χ2n) is 6.03. The maximum absolute atomic E-state index is 13.2. The second kappa shape index (κ2) is 8.26. The number of carbonyl (C=O) groups is 1. The standard InChI is InChI=1S/C18H15F3N4O5S/c1-29-15-6-3-11(17(26)30-2)7-16(15)31(27,28)24-13-8-12(18(19,20)21)4-5-14(13)25-10-22-9-23-25/h3-10,24H,1-2H3. The third kappa shape index (κ3) is 4.60. The fourth-order valence-corrected chi connectivity index (χ4v) is 3.92. The summed E-state index contributed by atoms with van der Waals surface area (Å²) in [4.78, 5) is 15.0. The third-order valence-corrected chi connectivity index (χ3v) is 5.49. The van der Waals surface area contributed by atoms with E-state index in [1.54, 1.807) is 0 Å². The van der Waals surface area contributed by atoms with Gasteiger partial charge in [-0.25, -0.2) is 22.9 Å².